The topological polar surface area (TPSA) is 57.7 Å². The highest BCUT2D eigenvalue weighted by atomic mass is 79.9. The smallest absolute Gasteiger partial charge is 0.164 e. The van der Waals surface area contributed by atoms with Crippen LogP contribution in [-0.4, -0.2) is 65.4 Å². The van der Waals surface area contributed by atoms with Gasteiger partial charge in [0.25, 0.3) is 0 Å². The summed E-state index contributed by atoms with van der Waals surface area (Å²) in [6.45, 7) is 0. The van der Waals surface area contributed by atoms with Crippen LogP contribution in [0, 0.1) is 0 Å². The summed E-state index contributed by atoms with van der Waals surface area (Å²) in [5.74, 6) is -0.0799. The molecule has 6 atom stereocenters. The Balaban J connectivity index is 1.24. The van der Waals surface area contributed by atoms with E-state index in [2.05, 4.69) is 112 Å². The van der Waals surface area contributed by atoms with Crippen molar-refractivity contribution in [1.29, 1.82) is 0 Å². The predicted octanol–water partition coefficient (Wildman–Crippen LogP) is 12.2. The molecule has 284 valence electrons. The standard InChI is InChI=1S/C45H48Br4N2O3/c1-50-37(5-3-7-39(50)27-43(52)31-13-21-35(48)22-14-31)25-41(29-9-17-33(46)18-10-29)45(54)42(30-11-19-34(47)20-12-30)26-38-6-4-8-40(51(38)2)28-44(53)32-15-23-36(49)24-16-32/h9-24,37-42H,3-8,25-28H2,1-2H3. The SMILES string of the molecule is CN1C(CC(=O)c2ccc(Br)cc2)CCCC1CC(C(=O)C(CC1CCCC(CC(=O)c2ccc(Br)cc2)N1C)c1ccc(Br)cc1)c1ccc(Br)cc1. The third-order valence-electron chi connectivity index (χ3n) is 11.9. The van der Waals surface area contributed by atoms with Gasteiger partial charge in [0.2, 0.25) is 0 Å². The number of nitrogens with zero attached hydrogens (tertiary/aromatic N) is 2. The number of benzene rings is 4. The molecule has 54 heavy (non-hydrogen) atoms. The molecule has 0 N–H and O–H groups in total. The van der Waals surface area contributed by atoms with Gasteiger partial charge < -0.3 is 0 Å². The first-order chi connectivity index (χ1) is 26.0. The molecule has 2 aliphatic heterocycles. The molecule has 2 fully saturated rings. The zero-order valence-corrected chi connectivity index (χ0v) is 37.2. The van der Waals surface area contributed by atoms with Crippen LogP contribution < -0.4 is 0 Å². The Labute approximate surface area is 354 Å². The highest BCUT2D eigenvalue weighted by Crippen LogP contribution is 2.40. The summed E-state index contributed by atoms with van der Waals surface area (Å²) in [5.41, 5.74) is 3.53. The van der Waals surface area contributed by atoms with E-state index < -0.39 is 0 Å². The number of Topliss-reactive ketones (excluding diaryl/α,β-unsaturated/α-hetero) is 3. The van der Waals surface area contributed by atoms with E-state index in [9.17, 15) is 9.59 Å². The van der Waals surface area contributed by atoms with E-state index in [0.717, 1.165) is 78.7 Å². The third kappa shape index (κ3) is 10.6. The van der Waals surface area contributed by atoms with Crippen molar-refractivity contribution >= 4 is 81.1 Å². The molecule has 2 saturated heterocycles. The van der Waals surface area contributed by atoms with Crippen LogP contribution in [0.3, 0.4) is 0 Å². The third-order valence-corrected chi connectivity index (χ3v) is 14.0. The minimum Gasteiger partial charge on any atom is -0.300 e. The molecule has 0 amide bonds. The van der Waals surface area contributed by atoms with E-state index in [0.29, 0.717) is 25.7 Å². The Hall–Kier alpha value is -2.27. The van der Waals surface area contributed by atoms with Crippen LogP contribution >= 0.6 is 63.7 Å². The van der Waals surface area contributed by atoms with Gasteiger partial charge >= 0.3 is 0 Å². The van der Waals surface area contributed by atoms with E-state index >= 15 is 4.79 Å². The molecular weight excluding hydrogens is 936 g/mol. The van der Waals surface area contributed by atoms with Crippen LogP contribution in [-0.2, 0) is 4.79 Å². The average Bonchev–Trinajstić information content (AvgIpc) is 3.16. The van der Waals surface area contributed by atoms with Crippen molar-refractivity contribution < 1.29 is 14.4 Å². The monoisotopic (exact) mass is 980 g/mol. The number of hydrogen-bond donors (Lipinski definition) is 0. The molecule has 5 nitrogen and oxygen atoms in total. The highest BCUT2D eigenvalue weighted by Gasteiger charge is 2.39. The van der Waals surface area contributed by atoms with E-state index in [-0.39, 0.29) is 53.4 Å². The number of halogens is 4. The molecule has 2 aliphatic rings. The number of likely N-dealkylation sites (tertiary alicyclic amines) is 2. The summed E-state index contributed by atoms with van der Waals surface area (Å²) in [4.78, 5) is 46.9. The van der Waals surface area contributed by atoms with Crippen LogP contribution in [0.4, 0.5) is 0 Å². The molecular formula is C45H48Br4N2O3. The second-order valence-electron chi connectivity index (χ2n) is 15.2. The Kier molecular flexibility index (Phi) is 14.7. The fourth-order valence-corrected chi connectivity index (χ4v) is 9.65. The molecule has 9 heteroatoms. The molecule has 4 aromatic rings. The summed E-state index contributed by atoms with van der Waals surface area (Å²) in [5, 5.41) is 0. The lowest BCUT2D eigenvalue weighted by molar-refractivity contribution is -0.123. The minimum absolute atomic E-state index is 0.121. The number of rotatable bonds is 14. The Morgan fingerprint density at radius 3 is 1.13 bits per heavy atom. The number of carbonyl (C=O) groups excluding carboxylic acids is 3. The predicted molar refractivity (Wildman–Crippen MR) is 233 cm³/mol. The Bertz CT molecular complexity index is 1750. The largest absolute Gasteiger partial charge is 0.300 e. The van der Waals surface area contributed by atoms with E-state index in [4.69, 9.17) is 0 Å². The van der Waals surface area contributed by atoms with Gasteiger partial charge in [-0.25, -0.2) is 0 Å². The fourth-order valence-electron chi connectivity index (χ4n) is 8.59. The molecule has 4 aromatic carbocycles. The first kappa shape index (κ1) is 41.4. The Morgan fingerprint density at radius 1 is 0.500 bits per heavy atom. The molecule has 6 rings (SSSR count). The van der Waals surface area contributed by atoms with Crippen LogP contribution in [0.25, 0.3) is 0 Å². The van der Waals surface area contributed by atoms with Gasteiger partial charge in [0.1, 0.15) is 5.78 Å². The van der Waals surface area contributed by atoms with Crippen molar-refractivity contribution in [3.05, 3.63) is 137 Å². The molecule has 0 aromatic heterocycles. The van der Waals surface area contributed by atoms with Gasteiger partial charge in [0.05, 0.1) is 0 Å². The van der Waals surface area contributed by atoms with Crippen molar-refractivity contribution in [2.24, 2.45) is 0 Å². The van der Waals surface area contributed by atoms with Crippen LogP contribution in [0.5, 0.6) is 0 Å². The first-order valence-electron chi connectivity index (χ1n) is 19.0. The van der Waals surface area contributed by atoms with Crippen molar-refractivity contribution in [3.63, 3.8) is 0 Å². The minimum atomic E-state index is -0.316. The zero-order chi connectivity index (χ0) is 38.4. The molecule has 0 spiro atoms. The van der Waals surface area contributed by atoms with Crippen LogP contribution in [0.1, 0.15) is 108 Å². The maximum absolute atomic E-state index is 15.3. The summed E-state index contributed by atoms with van der Waals surface area (Å²) >= 11 is 14.2. The summed E-state index contributed by atoms with van der Waals surface area (Å²) in [6.07, 6.45) is 8.27. The van der Waals surface area contributed by atoms with Crippen LogP contribution in [0.2, 0.25) is 0 Å². The maximum Gasteiger partial charge on any atom is 0.164 e. The van der Waals surface area contributed by atoms with Gasteiger partial charge in [-0.1, -0.05) is 125 Å². The van der Waals surface area contributed by atoms with Gasteiger partial charge in [0.15, 0.2) is 11.6 Å². The number of piperidine rings is 2. The highest BCUT2D eigenvalue weighted by molar-refractivity contribution is 9.11. The van der Waals surface area contributed by atoms with Crippen molar-refractivity contribution in [2.45, 2.75) is 100 Å². The van der Waals surface area contributed by atoms with Crippen molar-refractivity contribution in [3.8, 4) is 0 Å². The first-order valence-corrected chi connectivity index (χ1v) is 22.2. The number of carbonyl (C=O) groups is 3. The molecule has 6 unspecified atom stereocenters. The lowest BCUT2D eigenvalue weighted by Crippen LogP contribution is -2.47. The quantitative estimate of drug-likeness (QED) is 0.118. The second-order valence-corrected chi connectivity index (χ2v) is 18.8. The normalized spacial score (nSPS) is 22.0. The van der Waals surface area contributed by atoms with Gasteiger partial charge in [-0.05, 0) is 112 Å². The maximum atomic E-state index is 15.3. The summed E-state index contributed by atoms with van der Waals surface area (Å²) < 4.78 is 3.88. The average molecular weight is 985 g/mol. The molecule has 0 radical (unpaired) electrons. The van der Waals surface area contributed by atoms with Gasteiger partial charge in [-0.2, -0.15) is 0 Å². The van der Waals surface area contributed by atoms with Crippen molar-refractivity contribution in [1.82, 2.24) is 9.80 Å². The van der Waals surface area contributed by atoms with E-state index in [1.54, 1.807) is 0 Å². The lowest BCUT2D eigenvalue weighted by atomic mass is 9.75. The number of ketones is 3. The second kappa shape index (κ2) is 19.3. The summed E-state index contributed by atoms with van der Waals surface area (Å²) in [6, 6.07) is 32.4. The van der Waals surface area contributed by atoms with Crippen LogP contribution in [0.15, 0.2) is 115 Å². The molecule has 0 aliphatic carbocycles. The van der Waals surface area contributed by atoms with E-state index in [1.807, 2.05) is 72.8 Å². The van der Waals surface area contributed by atoms with Gasteiger partial charge in [0, 0.05) is 77.9 Å². The Morgan fingerprint density at radius 2 is 0.796 bits per heavy atom. The molecule has 0 saturated carbocycles. The van der Waals surface area contributed by atoms with Gasteiger partial charge in [-0.15, -0.1) is 0 Å². The summed E-state index contributed by atoms with van der Waals surface area (Å²) in [7, 11) is 4.29. The zero-order valence-electron chi connectivity index (χ0n) is 30.9. The van der Waals surface area contributed by atoms with E-state index in [1.165, 1.54) is 0 Å². The van der Waals surface area contributed by atoms with Gasteiger partial charge in [-0.3, -0.25) is 24.2 Å². The van der Waals surface area contributed by atoms with Crippen molar-refractivity contribution in [2.75, 3.05) is 14.1 Å². The molecule has 0 bridgehead atoms. The fraction of sp³-hybridized carbons (Fsp3) is 0.400. The molecule has 2 heterocycles. The number of hydrogen-bond acceptors (Lipinski definition) is 5. The lowest BCUT2D eigenvalue weighted by Gasteiger charge is -2.42.